The SMILES string of the molecule is O=C(Cn1c(CCNC(=O)c2ccccc2)nc2ccccc21)Nc1ccccc1F. The third-order valence-electron chi connectivity index (χ3n) is 4.85. The fourth-order valence-electron chi connectivity index (χ4n) is 3.37. The number of aromatic nitrogens is 2. The first-order chi connectivity index (χ1) is 15.1. The van der Waals surface area contributed by atoms with E-state index in [2.05, 4.69) is 15.6 Å². The molecule has 2 N–H and O–H groups in total. The Morgan fingerprint density at radius 1 is 0.903 bits per heavy atom. The van der Waals surface area contributed by atoms with Gasteiger partial charge in [0, 0.05) is 18.5 Å². The van der Waals surface area contributed by atoms with Crippen molar-refractivity contribution in [1.29, 1.82) is 0 Å². The number of hydrogen-bond donors (Lipinski definition) is 2. The predicted octanol–water partition coefficient (Wildman–Crippen LogP) is 3.79. The fourth-order valence-corrected chi connectivity index (χ4v) is 3.37. The van der Waals surface area contributed by atoms with E-state index in [1.165, 1.54) is 12.1 Å². The van der Waals surface area contributed by atoms with E-state index < -0.39 is 5.82 Å². The van der Waals surface area contributed by atoms with E-state index in [1.807, 2.05) is 42.5 Å². The minimum absolute atomic E-state index is 0.0171. The lowest BCUT2D eigenvalue weighted by atomic mass is 10.2. The van der Waals surface area contributed by atoms with E-state index in [0.29, 0.717) is 24.4 Å². The van der Waals surface area contributed by atoms with Crippen LogP contribution in [0.4, 0.5) is 10.1 Å². The first-order valence-electron chi connectivity index (χ1n) is 9.93. The van der Waals surface area contributed by atoms with Crippen LogP contribution in [0.25, 0.3) is 11.0 Å². The lowest BCUT2D eigenvalue weighted by molar-refractivity contribution is -0.116. The van der Waals surface area contributed by atoms with Crippen molar-refractivity contribution in [2.45, 2.75) is 13.0 Å². The number of para-hydroxylation sites is 3. The molecule has 31 heavy (non-hydrogen) atoms. The van der Waals surface area contributed by atoms with Crippen LogP contribution in [-0.2, 0) is 17.8 Å². The van der Waals surface area contributed by atoms with E-state index >= 15 is 0 Å². The predicted molar refractivity (Wildman–Crippen MR) is 117 cm³/mol. The van der Waals surface area contributed by atoms with E-state index in [-0.39, 0.29) is 24.0 Å². The Labute approximate surface area is 178 Å². The summed E-state index contributed by atoms with van der Waals surface area (Å²) in [5.74, 6) is -0.350. The van der Waals surface area contributed by atoms with Crippen LogP contribution in [0.15, 0.2) is 78.9 Å². The van der Waals surface area contributed by atoms with Crippen LogP contribution in [0.2, 0.25) is 0 Å². The number of nitrogens with one attached hydrogen (secondary N) is 2. The molecule has 0 saturated carbocycles. The summed E-state index contributed by atoms with van der Waals surface area (Å²) in [6.07, 6.45) is 0.445. The van der Waals surface area contributed by atoms with Crippen molar-refractivity contribution in [2.24, 2.45) is 0 Å². The second-order valence-electron chi connectivity index (χ2n) is 7.00. The molecule has 0 bridgehead atoms. The molecule has 1 aromatic heterocycles. The van der Waals surface area contributed by atoms with Gasteiger partial charge in [0.05, 0.1) is 16.7 Å². The zero-order valence-electron chi connectivity index (χ0n) is 16.7. The minimum Gasteiger partial charge on any atom is -0.352 e. The molecule has 7 heteroatoms. The molecule has 1 heterocycles. The van der Waals surface area contributed by atoms with Gasteiger partial charge < -0.3 is 15.2 Å². The zero-order chi connectivity index (χ0) is 21.6. The standard InChI is InChI=1S/C24H21FN4O2/c25-18-10-4-5-11-19(18)28-23(30)16-29-21-13-7-6-12-20(21)27-22(29)14-15-26-24(31)17-8-2-1-3-9-17/h1-13H,14-16H2,(H,26,31)(H,28,30). The number of benzene rings is 3. The van der Waals surface area contributed by atoms with Gasteiger partial charge in [0.25, 0.3) is 5.91 Å². The van der Waals surface area contributed by atoms with Gasteiger partial charge in [-0.1, -0.05) is 42.5 Å². The van der Waals surface area contributed by atoms with Gasteiger partial charge in [-0.05, 0) is 36.4 Å². The molecular formula is C24H21FN4O2. The molecule has 0 aliphatic rings. The molecule has 0 aliphatic carbocycles. The number of imidazole rings is 1. The summed E-state index contributed by atoms with van der Waals surface area (Å²) in [4.78, 5) is 29.5. The second-order valence-corrected chi connectivity index (χ2v) is 7.00. The molecule has 0 unspecified atom stereocenters. The van der Waals surface area contributed by atoms with E-state index in [0.717, 1.165) is 11.0 Å². The Morgan fingerprint density at radius 2 is 1.61 bits per heavy atom. The van der Waals surface area contributed by atoms with Crippen LogP contribution in [-0.4, -0.2) is 27.9 Å². The third kappa shape index (κ3) is 4.78. The average molecular weight is 416 g/mol. The van der Waals surface area contributed by atoms with Crippen molar-refractivity contribution >= 4 is 28.5 Å². The molecule has 0 spiro atoms. The van der Waals surface area contributed by atoms with Crippen molar-refractivity contribution in [3.05, 3.63) is 96.1 Å². The molecule has 0 aliphatic heterocycles. The highest BCUT2D eigenvalue weighted by Crippen LogP contribution is 2.18. The number of hydrogen-bond acceptors (Lipinski definition) is 3. The normalized spacial score (nSPS) is 10.7. The van der Waals surface area contributed by atoms with Crippen LogP contribution in [0.1, 0.15) is 16.2 Å². The van der Waals surface area contributed by atoms with Gasteiger partial charge >= 0.3 is 0 Å². The van der Waals surface area contributed by atoms with Gasteiger partial charge in [-0.25, -0.2) is 9.37 Å². The van der Waals surface area contributed by atoms with Gasteiger partial charge in [-0.3, -0.25) is 9.59 Å². The highest BCUT2D eigenvalue weighted by Gasteiger charge is 2.15. The summed E-state index contributed by atoms with van der Waals surface area (Å²) < 4.78 is 15.7. The van der Waals surface area contributed by atoms with Crippen LogP contribution >= 0.6 is 0 Å². The monoisotopic (exact) mass is 416 g/mol. The van der Waals surface area contributed by atoms with Crippen LogP contribution in [0.3, 0.4) is 0 Å². The first-order valence-corrected chi connectivity index (χ1v) is 9.93. The quantitative estimate of drug-likeness (QED) is 0.481. The Kier molecular flexibility index (Phi) is 6.03. The van der Waals surface area contributed by atoms with Gasteiger partial charge in [-0.15, -0.1) is 0 Å². The molecule has 4 aromatic rings. The summed E-state index contributed by atoms with van der Waals surface area (Å²) in [7, 11) is 0. The lowest BCUT2D eigenvalue weighted by Gasteiger charge is -2.11. The van der Waals surface area contributed by atoms with E-state index in [1.54, 1.807) is 28.8 Å². The highest BCUT2D eigenvalue weighted by molar-refractivity contribution is 5.94. The molecule has 4 rings (SSSR count). The number of amides is 2. The Hall–Kier alpha value is -4.00. The molecule has 0 radical (unpaired) electrons. The van der Waals surface area contributed by atoms with Crippen molar-refractivity contribution in [2.75, 3.05) is 11.9 Å². The Morgan fingerprint density at radius 3 is 2.42 bits per heavy atom. The van der Waals surface area contributed by atoms with E-state index in [4.69, 9.17) is 0 Å². The summed E-state index contributed by atoms with van der Waals surface area (Å²) in [5.41, 5.74) is 2.27. The highest BCUT2D eigenvalue weighted by atomic mass is 19.1. The molecule has 3 aromatic carbocycles. The number of halogens is 1. The molecular weight excluding hydrogens is 395 g/mol. The Balaban J connectivity index is 1.48. The van der Waals surface area contributed by atoms with Gasteiger partial charge in [-0.2, -0.15) is 0 Å². The van der Waals surface area contributed by atoms with Crippen molar-refractivity contribution in [3.8, 4) is 0 Å². The molecule has 0 saturated heterocycles. The molecule has 0 fully saturated rings. The summed E-state index contributed by atoms with van der Waals surface area (Å²) >= 11 is 0. The number of fused-ring (bicyclic) bond motifs is 1. The smallest absolute Gasteiger partial charge is 0.251 e. The number of carbonyl (C=O) groups excluding carboxylic acids is 2. The number of anilines is 1. The molecule has 156 valence electrons. The fraction of sp³-hybridized carbons (Fsp3) is 0.125. The van der Waals surface area contributed by atoms with Crippen molar-refractivity contribution < 1.29 is 14.0 Å². The largest absolute Gasteiger partial charge is 0.352 e. The maximum Gasteiger partial charge on any atom is 0.251 e. The molecule has 2 amide bonds. The number of nitrogens with zero attached hydrogens (tertiary/aromatic N) is 2. The third-order valence-corrected chi connectivity index (χ3v) is 4.85. The topological polar surface area (TPSA) is 76.0 Å². The summed E-state index contributed by atoms with van der Waals surface area (Å²) in [6.45, 7) is 0.350. The maximum absolute atomic E-state index is 13.9. The van der Waals surface area contributed by atoms with Crippen LogP contribution < -0.4 is 10.6 Å². The maximum atomic E-state index is 13.9. The lowest BCUT2D eigenvalue weighted by Crippen LogP contribution is -2.27. The zero-order valence-corrected chi connectivity index (χ0v) is 16.7. The van der Waals surface area contributed by atoms with Crippen molar-refractivity contribution in [1.82, 2.24) is 14.9 Å². The second kappa shape index (κ2) is 9.21. The van der Waals surface area contributed by atoms with Crippen LogP contribution in [0, 0.1) is 5.82 Å². The summed E-state index contributed by atoms with van der Waals surface area (Å²) in [5, 5.41) is 5.48. The number of carbonyl (C=O) groups is 2. The van der Waals surface area contributed by atoms with Crippen LogP contribution in [0.5, 0.6) is 0 Å². The van der Waals surface area contributed by atoms with Gasteiger partial charge in [0.1, 0.15) is 18.2 Å². The number of rotatable bonds is 7. The summed E-state index contributed by atoms with van der Waals surface area (Å²) in [6, 6.07) is 22.5. The first kappa shape index (κ1) is 20.3. The average Bonchev–Trinajstić information content (AvgIpc) is 3.13. The molecule has 6 nitrogen and oxygen atoms in total. The Bertz CT molecular complexity index is 1220. The minimum atomic E-state index is -0.491. The van der Waals surface area contributed by atoms with Gasteiger partial charge in [0.2, 0.25) is 5.91 Å². The van der Waals surface area contributed by atoms with Crippen molar-refractivity contribution in [3.63, 3.8) is 0 Å². The van der Waals surface area contributed by atoms with E-state index in [9.17, 15) is 14.0 Å². The van der Waals surface area contributed by atoms with Gasteiger partial charge in [0.15, 0.2) is 0 Å². The molecule has 0 atom stereocenters.